The van der Waals surface area contributed by atoms with Gasteiger partial charge in [-0.1, -0.05) is 23.7 Å². The van der Waals surface area contributed by atoms with Crippen LogP contribution in [0.1, 0.15) is 37.4 Å². The number of hydrogen-bond donors (Lipinski definition) is 2. The largest absolute Gasteiger partial charge is 0.463 e. The molecule has 0 saturated carbocycles. The topological polar surface area (TPSA) is 111 Å². The van der Waals surface area contributed by atoms with Crippen LogP contribution in [0.2, 0.25) is 5.02 Å². The number of carbonyl (C=O) groups excluding carboxylic acids is 2. The lowest BCUT2D eigenvalue weighted by Gasteiger charge is -2.42. The molecule has 10 nitrogen and oxygen atoms in total. The highest BCUT2D eigenvalue weighted by Gasteiger charge is 2.36. The molecule has 222 valence electrons. The van der Waals surface area contributed by atoms with Crippen LogP contribution in [0.25, 0.3) is 0 Å². The maximum Gasteiger partial charge on any atom is 0.338 e. The molecule has 4 rings (SSSR count). The number of nitrogens with one attached hydrogen (secondary N) is 1. The zero-order valence-electron chi connectivity index (χ0n) is 23.6. The first-order valence-corrected chi connectivity index (χ1v) is 14.7. The second kappa shape index (κ2) is 13.4. The van der Waals surface area contributed by atoms with Crippen LogP contribution in [0.4, 0.5) is 4.39 Å². The minimum absolute atomic E-state index is 0.00732. The van der Waals surface area contributed by atoms with Crippen LogP contribution in [-0.2, 0) is 14.3 Å². The third kappa shape index (κ3) is 7.69. The molecule has 2 aromatic rings. The van der Waals surface area contributed by atoms with Crippen molar-refractivity contribution in [2.75, 3.05) is 52.9 Å². The van der Waals surface area contributed by atoms with Crippen LogP contribution >= 0.6 is 22.9 Å². The molecule has 1 unspecified atom stereocenters. The quantitative estimate of drug-likeness (QED) is 0.297. The van der Waals surface area contributed by atoms with Gasteiger partial charge >= 0.3 is 5.97 Å². The number of aliphatic hydroxyl groups is 1. The molecule has 0 radical (unpaired) electrons. The Morgan fingerprint density at radius 2 is 2.17 bits per heavy atom. The van der Waals surface area contributed by atoms with Gasteiger partial charge in [0.25, 0.3) is 0 Å². The van der Waals surface area contributed by atoms with Crippen LogP contribution in [0.15, 0.2) is 46.0 Å². The van der Waals surface area contributed by atoms with Crippen LogP contribution in [0.5, 0.6) is 0 Å². The van der Waals surface area contributed by atoms with Crippen molar-refractivity contribution < 1.29 is 23.8 Å². The fraction of sp³-hybridized carbons (Fsp3) is 0.500. The van der Waals surface area contributed by atoms with Gasteiger partial charge in [-0.15, -0.1) is 11.3 Å². The van der Waals surface area contributed by atoms with E-state index in [0.29, 0.717) is 48.3 Å². The standard InChI is InChI=1S/C28H36ClFN6O4S/c1-5-40-27(38)22-21(15-35-11-10-34(4)18(13-35)14-36(17-37)16-28(2,3)39)32-25(26-31-9-12-41-26)33-24(22)19-7-6-8-20(30)23(19)29/h6-9,12,17-18,24,39H,5,10-11,13-16H2,1-4H3,(H,32,33)/t18?,24-/m0/s1. The summed E-state index contributed by atoms with van der Waals surface area (Å²) in [4.78, 5) is 40.3. The maximum absolute atomic E-state index is 14.6. The third-order valence-electron chi connectivity index (χ3n) is 6.96. The minimum Gasteiger partial charge on any atom is -0.463 e. The van der Waals surface area contributed by atoms with Gasteiger partial charge in [-0.25, -0.2) is 14.2 Å². The molecule has 1 fully saturated rings. The number of amidine groups is 1. The van der Waals surface area contributed by atoms with E-state index >= 15 is 0 Å². The van der Waals surface area contributed by atoms with Crippen LogP contribution < -0.4 is 5.32 Å². The molecule has 2 aliphatic rings. The molecule has 3 heterocycles. The first-order chi connectivity index (χ1) is 19.5. The van der Waals surface area contributed by atoms with E-state index < -0.39 is 23.4 Å². The van der Waals surface area contributed by atoms with Crippen molar-refractivity contribution in [1.29, 1.82) is 0 Å². The second-order valence-electron chi connectivity index (χ2n) is 10.8. The van der Waals surface area contributed by atoms with Gasteiger partial charge in [0.05, 0.1) is 22.8 Å². The number of hydrogen-bond acceptors (Lipinski definition) is 10. The lowest BCUT2D eigenvalue weighted by molar-refractivity contribution is -0.139. The van der Waals surface area contributed by atoms with Gasteiger partial charge in [-0.3, -0.25) is 19.6 Å². The average molecular weight is 607 g/mol. The summed E-state index contributed by atoms with van der Waals surface area (Å²) in [5.74, 6) is -0.715. The molecule has 0 bridgehead atoms. The zero-order chi connectivity index (χ0) is 29.7. The van der Waals surface area contributed by atoms with Crippen molar-refractivity contribution in [2.45, 2.75) is 38.5 Å². The molecule has 2 atom stereocenters. The van der Waals surface area contributed by atoms with E-state index in [1.807, 2.05) is 12.4 Å². The summed E-state index contributed by atoms with van der Waals surface area (Å²) in [7, 11) is 2.01. The molecular weight excluding hydrogens is 571 g/mol. The van der Waals surface area contributed by atoms with E-state index in [2.05, 4.69) is 20.1 Å². The highest BCUT2D eigenvalue weighted by atomic mass is 35.5. The van der Waals surface area contributed by atoms with Gasteiger partial charge in [0.15, 0.2) is 10.8 Å². The van der Waals surface area contributed by atoms with Gasteiger partial charge in [-0.2, -0.15) is 0 Å². The van der Waals surface area contributed by atoms with Crippen molar-refractivity contribution in [3.63, 3.8) is 0 Å². The van der Waals surface area contributed by atoms with Gasteiger partial charge in [0.2, 0.25) is 6.41 Å². The van der Waals surface area contributed by atoms with Gasteiger partial charge in [0, 0.05) is 68.1 Å². The summed E-state index contributed by atoms with van der Waals surface area (Å²) in [5.41, 5.74) is 0.165. The Hall–Kier alpha value is -2.90. The molecule has 41 heavy (non-hydrogen) atoms. The number of rotatable bonds is 11. The van der Waals surface area contributed by atoms with E-state index in [4.69, 9.17) is 21.3 Å². The highest BCUT2D eigenvalue weighted by molar-refractivity contribution is 7.11. The monoisotopic (exact) mass is 606 g/mol. The first kappa shape index (κ1) is 31.0. The lowest BCUT2D eigenvalue weighted by Crippen LogP contribution is -2.57. The Morgan fingerprint density at radius 1 is 1.39 bits per heavy atom. The molecule has 1 aromatic heterocycles. The van der Waals surface area contributed by atoms with E-state index in [0.717, 1.165) is 13.0 Å². The first-order valence-electron chi connectivity index (χ1n) is 13.4. The van der Waals surface area contributed by atoms with Crippen LogP contribution in [0, 0.1) is 5.82 Å². The predicted octanol–water partition coefficient (Wildman–Crippen LogP) is 2.69. The number of aromatic nitrogens is 1. The number of benzene rings is 1. The summed E-state index contributed by atoms with van der Waals surface area (Å²) >= 11 is 7.80. The van der Waals surface area contributed by atoms with Crippen molar-refractivity contribution in [1.82, 2.24) is 25.0 Å². The van der Waals surface area contributed by atoms with Crippen molar-refractivity contribution in [3.05, 3.63) is 62.5 Å². The average Bonchev–Trinajstić information content (AvgIpc) is 3.46. The fourth-order valence-electron chi connectivity index (χ4n) is 5.06. The molecule has 1 aromatic carbocycles. The number of aliphatic imine (C=N–C) groups is 1. The van der Waals surface area contributed by atoms with Crippen molar-refractivity contribution in [3.8, 4) is 0 Å². The summed E-state index contributed by atoms with van der Waals surface area (Å²) < 4.78 is 20.0. The minimum atomic E-state index is -1.02. The molecular formula is C28H36ClFN6O4S. The maximum atomic E-state index is 14.6. The highest BCUT2D eigenvalue weighted by Crippen LogP contribution is 2.37. The number of halogens is 2. The Morgan fingerprint density at radius 3 is 2.83 bits per heavy atom. The zero-order valence-corrected chi connectivity index (χ0v) is 25.2. The van der Waals surface area contributed by atoms with Crippen LogP contribution in [-0.4, -0.2) is 108 Å². The number of amides is 1. The SMILES string of the molecule is CCOC(=O)C1=C(CN2CCN(C)C(CN(C=O)CC(C)(C)O)C2)NC(c2nccs2)=N[C@H]1c1cccc(F)c1Cl. The molecule has 13 heteroatoms. The summed E-state index contributed by atoms with van der Waals surface area (Å²) in [6.45, 7) is 8.24. The van der Waals surface area contributed by atoms with E-state index in [9.17, 15) is 19.1 Å². The number of nitrogens with zero attached hydrogens (tertiary/aromatic N) is 5. The Bertz CT molecular complexity index is 1300. The molecule has 1 saturated heterocycles. The number of thiazole rings is 1. The third-order valence-corrected chi connectivity index (χ3v) is 8.14. The molecule has 1 amide bonds. The summed E-state index contributed by atoms with van der Waals surface area (Å²) in [6.07, 6.45) is 2.43. The second-order valence-corrected chi connectivity index (χ2v) is 12.1. The smallest absolute Gasteiger partial charge is 0.338 e. The molecule has 2 N–H and O–H groups in total. The number of likely N-dealkylation sites (N-methyl/N-ethyl adjacent to an activating group) is 1. The van der Waals surface area contributed by atoms with Gasteiger partial charge in [-0.05, 0) is 33.9 Å². The van der Waals surface area contributed by atoms with Crippen molar-refractivity contribution >= 4 is 41.2 Å². The predicted molar refractivity (Wildman–Crippen MR) is 156 cm³/mol. The number of esters is 1. The summed E-state index contributed by atoms with van der Waals surface area (Å²) in [5, 5.41) is 15.9. The molecule has 2 aliphatic heterocycles. The molecule has 0 aliphatic carbocycles. The Labute approximate surface area is 248 Å². The van der Waals surface area contributed by atoms with E-state index in [1.165, 1.54) is 23.5 Å². The number of carbonyl (C=O) groups is 2. The lowest BCUT2D eigenvalue weighted by atomic mass is 9.95. The normalized spacial score (nSPS) is 20.4. The summed E-state index contributed by atoms with van der Waals surface area (Å²) in [6, 6.07) is 3.54. The van der Waals surface area contributed by atoms with Gasteiger partial charge in [0.1, 0.15) is 11.9 Å². The Kier molecular flexibility index (Phi) is 10.1. The fourth-order valence-corrected chi connectivity index (χ4v) is 5.88. The van der Waals surface area contributed by atoms with Crippen molar-refractivity contribution in [2.24, 2.45) is 4.99 Å². The number of piperazine rings is 1. The van der Waals surface area contributed by atoms with Gasteiger partial charge < -0.3 is 20.1 Å². The van der Waals surface area contributed by atoms with Crippen LogP contribution in [0.3, 0.4) is 0 Å². The molecule has 0 spiro atoms. The number of ether oxygens (including phenoxy) is 1. The Balaban J connectivity index is 1.69. The van der Waals surface area contributed by atoms with E-state index in [1.54, 1.807) is 37.9 Å². The van der Waals surface area contributed by atoms with E-state index in [-0.39, 0.29) is 29.8 Å².